The van der Waals surface area contributed by atoms with Crippen LogP contribution in [0.3, 0.4) is 0 Å². The lowest BCUT2D eigenvalue weighted by Crippen LogP contribution is -2.47. The van der Waals surface area contributed by atoms with Crippen molar-refractivity contribution in [3.8, 4) is 0 Å². The molecule has 1 amide bonds. The minimum Gasteiger partial charge on any atom is -0.445 e. The molecular weight excluding hydrogens is 250 g/mol. The van der Waals surface area contributed by atoms with Crippen molar-refractivity contribution in [3.63, 3.8) is 0 Å². The molecule has 0 N–H and O–H groups in total. The van der Waals surface area contributed by atoms with Crippen LogP contribution in [0, 0.1) is 11.3 Å². The van der Waals surface area contributed by atoms with Gasteiger partial charge in [-0.3, -0.25) is 0 Å². The molecule has 1 atom stereocenters. The molecule has 20 heavy (non-hydrogen) atoms. The summed E-state index contributed by atoms with van der Waals surface area (Å²) in [6, 6.07) is 9.83. The highest BCUT2D eigenvalue weighted by Gasteiger charge is 2.36. The highest BCUT2D eigenvalue weighted by Crippen LogP contribution is 2.36. The molecule has 3 nitrogen and oxygen atoms in total. The molecule has 110 valence electrons. The van der Waals surface area contributed by atoms with Gasteiger partial charge >= 0.3 is 6.09 Å². The maximum atomic E-state index is 12.2. The average molecular weight is 275 g/mol. The summed E-state index contributed by atoms with van der Waals surface area (Å²) in [6.45, 7) is 8.72. The number of benzene rings is 1. The second-order valence-electron chi connectivity index (χ2n) is 6.37. The molecule has 0 radical (unpaired) electrons. The van der Waals surface area contributed by atoms with E-state index in [1.54, 1.807) is 0 Å². The van der Waals surface area contributed by atoms with Crippen LogP contribution in [-0.4, -0.2) is 24.1 Å². The van der Waals surface area contributed by atoms with E-state index in [0.29, 0.717) is 12.5 Å². The fourth-order valence-corrected chi connectivity index (χ4v) is 2.71. The van der Waals surface area contributed by atoms with Crippen LogP contribution in [0.15, 0.2) is 30.3 Å². The smallest absolute Gasteiger partial charge is 0.410 e. The molecule has 0 spiro atoms. The molecule has 1 unspecified atom stereocenters. The van der Waals surface area contributed by atoms with Gasteiger partial charge in [-0.1, -0.05) is 51.1 Å². The maximum absolute atomic E-state index is 12.2. The Balaban J connectivity index is 1.89. The summed E-state index contributed by atoms with van der Waals surface area (Å²) >= 11 is 0. The van der Waals surface area contributed by atoms with E-state index in [0.717, 1.165) is 25.1 Å². The van der Waals surface area contributed by atoms with Gasteiger partial charge in [0.25, 0.3) is 0 Å². The number of amides is 1. The topological polar surface area (TPSA) is 29.5 Å². The van der Waals surface area contributed by atoms with Gasteiger partial charge in [0.1, 0.15) is 6.61 Å². The molecule has 1 fully saturated rings. The van der Waals surface area contributed by atoms with Crippen LogP contribution in [0.4, 0.5) is 4.79 Å². The first-order valence-corrected chi connectivity index (χ1v) is 7.47. The lowest BCUT2D eigenvalue weighted by Gasteiger charge is -2.42. The van der Waals surface area contributed by atoms with E-state index < -0.39 is 0 Å². The van der Waals surface area contributed by atoms with Gasteiger partial charge in [0.05, 0.1) is 0 Å². The standard InChI is InChI=1S/C17H25NO2/c1-14(2)17(3)10-7-11-18(13-17)16(19)20-12-15-8-5-4-6-9-15/h4-6,8-9,14H,7,10-13H2,1-3H3. The Morgan fingerprint density at radius 1 is 1.35 bits per heavy atom. The Hall–Kier alpha value is -1.51. The molecule has 0 aromatic heterocycles. The number of piperidine rings is 1. The third-order valence-corrected chi connectivity index (χ3v) is 4.59. The zero-order chi connectivity index (χ0) is 14.6. The van der Waals surface area contributed by atoms with Gasteiger partial charge < -0.3 is 9.64 Å². The number of carbonyl (C=O) groups is 1. The maximum Gasteiger partial charge on any atom is 0.410 e. The molecule has 3 heteroatoms. The number of hydrogen-bond donors (Lipinski definition) is 0. The van der Waals surface area contributed by atoms with Crippen molar-refractivity contribution in [3.05, 3.63) is 35.9 Å². The van der Waals surface area contributed by atoms with Crippen LogP contribution in [-0.2, 0) is 11.3 Å². The number of ether oxygens (including phenoxy) is 1. The van der Waals surface area contributed by atoms with Crippen molar-refractivity contribution < 1.29 is 9.53 Å². The van der Waals surface area contributed by atoms with Gasteiger partial charge in [-0.15, -0.1) is 0 Å². The van der Waals surface area contributed by atoms with Crippen LogP contribution in [0.5, 0.6) is 0 Å². The van der Waals surface area contributed by atoms with Crippen LogP contribution in [0.1, 0.15) is 39.2 Å². The Bertz CT molecular complexity index is 444. The molecule has 0 bridgehead atoms. The number of nitrogens with zero attached hydrogens (tertiary/aromatic N) is 1. The monoisotopic (exact) mass is 275 g/mol. The quantitative estimate of drug-likeness (QED) is 0.831. The fraction of sp³-hybridized carbons (Fsp3) is 0.588. The third-order valence-electron chi connectivity index (χ3n) is 4.59. The third kappa shape index (κ3) is 3.53. The van der Waals surface area contributed by atoms with E-state index in [1.165, 1.54) is 6.42 Å². The van der Waals surface area contributed by atoms with Gasteiger partial charge in [0.2, 0.25) is 0 Å². The first-order valence-electron chi connectivity index (χ1n) is 7.47. The predicted octanol–water partition coefficient (Wildman–Crippen LogP) is 4.08. The lowest BCUT2D eigenvalue weighted by atomic mass is 9.73. The van der Waals surface area contributed by atoms with Gasteiger partial charge in [-0.05, 0) is 29.7 Å². The summed E-state index contributed by atoms with van der Waals surface area (Å²) in [5, 5.41) is 0. The minimum absolute atomic E-state index is 0.180. The van der Waals surface area contributed by atoms with Gasteiger partial charge in [0.15, 0.2) is 0 Å². The molecular formula is C17H25NO2. The molecule has 1 aromatic carbocycles. The van der Waals surface area contributed by atoms with Crippen LogP contribution in [0.2, 0.25) is 0 Å². The summed E-state index contributed by atoms with van der Waals surface area (Å²) in [5.41, 5.74) is 1.24. The van der Waals surface area contributed by atoms with Crippen LogP contribution < -0.4 is 0 Å². The lowest BCUT2D eigenvalue weighted by molar-refractivity contribution is 0.0395. The SMILES string of the molecule is CC(C)C1(C)CCCN(C(=O)OCc2ccccc2)C1. The van der Waals surface area contributed by atoms with E-state index in [9.17, 15) is 4.79 Å². The number of hydrogen-bond acceptors (Lipinski definition) is 2. The number of likely N-dealkylation sites (tertiary alicyclic amines) is 1. The predicted molar refractivity (Wildman–Crippen MR) is 80.4 cm³/mol. The Labute approximate surface area is 121 Å². The molecule has 1 aromatic rings. The van der Waals surface area contributed by atoms with E-state index in [-0.39, 0.29) is 11.5 Å². The molecule has 1 aliphatic rings. The molecule has 1 aliphatic heterocycles. The zero-order valence-corrected chi connectivity index (χ0v) is 12.8. The van der Waals surface area contributed by atoms with Gasteiger partial charge in [-0.25, -0.2) is 4.79 Å². The van der Waals surface area contributed by atoms with Crippen LogP contribution >= 0.6 is 0 Å². The first-order chi connectivity index (χ1) is 9.51. The zero-order valence-electron chi connectivity index (χ0n) is 12.8. The normalized spacial score (nSPS) is 22.9. The summed E-state index contributed by atoms with van der Waals surface area (Å²) in [5.74, 6) is 0.576. The van der Waals surface area contributed by atoms with Crippen molar-refractivity contribution in [2.45, 2.75) is 40.2 Å². The largest absolute Gasteiger partial charge is 0.445 e. The van der Waals surface area contributed by atoms with E-state index in [2.05, 4.69) is 20.8 Å². The first kappa shape index (κ1) is 14.9. The van der Waals surface area contributed by atoms with Crippen molar-refractivity contribution in [2.75, 3.05) is 13.1 Å². The van der Waals surface area contributed by atoms with E-state index >= 15 is 0 Å². The van der Waals surface area contributed by atoms with Crippen molar-refractivity contribution in [1.82, 2.24) is 4.90 Å². The van der Waals surface area contributed by atoms with E-state index in [4.69, 9.17) is 4.74 Å². The summed E-state index contributed by atoms with van der Waals surface area (Å²) in [6.07, 6.45) is 2.07. The van der Waals surface area contributed by atoms with E-state index in [1.807, 2.05) is 35.2 Å². The minimum atomic E-state index is -0.180. The second kappa shape index (κ2) is 6.29. The summed E-state index contributed by atoms with van der Waals surface area (Å²) < 4.78 is 5.43. The molecule has 0 aliphatic carbocycles. The fourth-order valence-electron chi connectivity index (χ4n) is 2.71. The molecule has 2 rings (SSSR count). The number of carbonyl (C=O) groups excluding carboxylic acids is 1. The van der Waals surface area contributed by atoms with Gasteiger partial charge in [-0.2, -0.15) is 0 Å². The van der Waals surface area contributed by atoms with Crippen molar-refractivity contribution in [2.24, 2.45) is 11.3 Å². The second-order valence-corrected chi connectivity index (χ2v) is 6.37. The molecule has 1 saturated heterocycles. The highest BCUT2D eigenvalue weighted by atomic mass is 16.6. The summed E-state index contributed by atoms with van der Waals surface area (Å²) in [4.78, 5) is 14.1. The number of rotatable bonds is 3. The Kier molecular flexibility index (Phi) is 4.69. The van der Waals surface area contributed by atoms with Crippen molar-refractivity contribution in [1.29, 1.82) is 0 Å². The van der Waals surface area contributed by atoms with Crippen LogP contribution in [0.25, 0.3) is 0 Å². The Morgan fingerprint density at radius 3 is 2.70 bits per heavy atom. The average Bonchev–Trinajstić information content (AvgIpc) is 2.46. The summed E-state index contributed by atoms with van der Waals surface area (Å²) in [7, 11) is 0. The van der Waals surface area contributed by atoms with Gasteiger partial charge in [0, 0.05) is 13.1 Å². The van der Waals surface area contributed by atoms with Crippen molar-refractivity contribution >= 4 is 6.09 Å². The Morgan fingerprint density at radius 2 is 2.05 bits per heavy atom. The molecule has 0 saturated carbocycles. The highest BCUT2D eigenvalue weighted by molar-refractivity contribution is 5.67. The molecule has 1 heterocycles.